The lowest BCUT2D eigenvalue weighted by atomic mass is 10.1. The van der Waals surface area contributed by atoms with Crippen molar-refractivity contribution in [3.63, 3.8) is 0 Å². The number of hydrogen-bond donors (Lipinski definition) is 4. The number of carboxylic acid groups (broad SMARTS) is 1. The van der Waals surface area contributed by atoms with Crippen molar-refractivity contribution >= 4 is 17.7 Å². The van der Waals surface area contributed by atoms with Gasteiger partial charge in [0.25, 0.3) is 0 Å². The van der Waals surface area contributed by atoms with E-state index in [1.807, 2.05) is 30.3 Å². The molecule has 0 atom stereocenters. The molecule has 0 aliphatic rings. The molecule has 2 aromatic carbocycles. The van der Waals surface area contributed by atoms with Crippen LogP contribution in [0.5, 0.6) is 5.75 Å². The molecular formula is C15H14N2O4. The lowest BCUT2D eigenvalue weighted by molar-refractivity contribution is 0.0693. The number of anilines is 1. The predicted molar refractivity (Wildman–Crippen MR) is 77.4 cm³/mol. The third-order valence-corrected chi connectivity index (χ3v) is 2.81. The second-order valence-electron chi connectivity index (χ2n) is 4.30. The highest BCUT2D eigenvalue weighted by atomic mass is 16.4. The molecule has 6 heteroatoms. The van der Waals surface area contributed by atoms with Gasteiger partial charge in [0.2, 0.25) is 0 Å². The first-order chi connectivity index (χ1) is 10.1. The second-order valence-corrected chi connectivity index (χ2v) is 4.30. The quantitative estimate of drug-likeness (QED) is 0.649. The molecule has 21 heavy (non-hydrogen) atoms. The van der Waals surface area contributed by atoms with Crippen LogP contribution in [-0.2, 0) is 6.54 Å². The molecule has 2 aromatic rings. The van der Waals surface area contributed by atoms with Gasteiger partial charge in [0.15, 0.2) is 5.75 Å². The van der Waals surface area contributed by atoms with Gasteiger partial charge in [-0.2, -0.15) is 0 Å². The lowest BCUT2D eigenvalue weighted by Gasteiger charge is -2.10. The molecule has 0 aromatic heterocycles. The summed E-state index contributed by atoms with van der Waals surface area (Å²) in [6.45, 7) is 0.325. The van der Waals surface area contributed by atoms with Gasteiger partial charge in [-0.25, -0.2) is 9.59 Å². The maximum atomic E-state index is 11.7. The Kier molecular flexibility index (Phi) is 4.40. The molecule has 2 amide bonds. The SMILES string of the molecule is O=C(NCc1ccccc1)Nc1cccc(C(=O)O)c1O. The third-order valence-electron chi connectivity index (χ3n) is 2.81. The number of para-hydroxylation sites is 1. The van der Waals surface area contributed by atoms with Crippen LogP contribution in [0.1, 0.15) is 15.9 Å². The largest absolute Gasteiger partial charge is 0.505 e. The first kappa shape index (κ1) is 14.4. The van der Waals surface area contributed by atoms with E-state index in [9.17, 15) is 14.7 Å². The first-order valence-electron chi connectivity index (χ1n) is 6.22. The van der Waals surface area contributed by atoms with Crippen LogP contribution in [0.15, 0.2) is 48.5 Å². The number of amides is 2. The van der Waals surface area contributed by atoms with E-state index in [-0.39, 0.29) is 11.3 Å². The molecule has 0 spiro atoms. The lowest BCUT2D eigenvalue weighted by Crippen LogP contribution is -2.28. The Morgan fingerprint density at radius 3 is 2.38 bits per heavy atom. The van der Waals surface area contributed by atoms with Crippen molar-refractivity contribution in [2.45, 2.75) is 6.54 Å². The maximum Gasteiger partial charge on any atom is 0.339 e. The van der Waals surface area contributed by atoms with Crippen molar-refractivity contribution in [3.05, 3.63) is 59.7 Å². The molecule has 4 N–H and O–H groups in total. The van der Waals surface area contributed by atoms with Crippen molar-refractivity contribution < 1.29 is 19.8 Å². The van der Waals surface area contributed by atoms with Crippen molar-refractivity contribution in [2.75, 3.05) is 5.32 Å². The molecule has 0 saturated carbocycles. The molecule has 0 aliphatic carbocycles. The monoisotopic (exact) mass is 286 g/mol. The third kappa shape index (κ3) is 3.73. The van der Waals surface area contributed by atoms with E-state index < -0.39 is 17.7 Å². The van der Waals surface area contributed by atoms with E-state index in [0.717, 1.165) is 5.56 Å². The van der Waals surface area contributed by atoms with Gasteiger partial charge < -0.3 is 20.8 Å². The van der Waals surface area contributed by atoms with Gasteiger partial charge >= 0.3 is 12.0 Å². The van der Waals surface area contributed by atoms with Crippen molar-refractivity contribution in [1.29, 1.82) is 0 Å². The topological polar surface area (TPSA) is 98.7 Å². The second kappa shape index (κ2) is 6.42. The Morgan fingerprint density at radius 2 is 1.71 bits per heavy atom. The molecular weight excluding hydrogens is 272 g/mol. The fraction of sp³-hybridized carbons (Fsp3) is 0.0667. The number of benzene rings is 2. The number of aromatic hydroxyl groups is 1. The van der Waals surface area contributed by atoms with Crippen LogP contribution in [0, 0.1) is 0 Å². The zero-order valence-electron chi connectivity index (χ0n) is 11.0. The molecule has 0 aliphatic heterocycles. The zero-order chi connectivity index (χ0) is 15.2. The van der Waals surface area contributed by atoms with Crippen molar-refractivity contribution in [2.24, 2.45) is 0 Å². The summed E-state index contributed by atoms with van der Waals surface area (Å²) < 4.78 is 0. The molecule has 0 fully saturated rings. The number of carbonyl (C=O) groups excluding carboxylic acids is 1. The van der Waals surface area contributed by atoms with E-state index in [1.54, 1.807) is 0 Å². The summed E-state index contributed by atoms with van der Waals surface area (Å²) in [5.74, 6) is -1.74. The number of rotatable bonds is 4. The summed E-state index contributed by atoms with van der Waals surface area (Å²) in [7, 11) is 0. The Hall–Kier alpha value is -3.02. The summed E-state index contributed by atoms with van der Waals surface area (Å²) in [6, 6.07) is 12.9. The number of aromatic carboxylic acids is 1. The smallest absolute Gasteiger partial charge is 0.339 e. The van der Waals surface area contributed by atoms with E-state index in [2.05, 4.69) is 10.6 Å². The molecule has 2 rings (SSSR count). The van der Waals surface area contributed by atoms with Crippen LogP contribution < -0.4 is 10.6 Å². The number of nitrogens with one attached hydrogen (secondary N) is 2. The maximum absolute atomic E-state index is 11.7. The van der Waals surface area contributed by atoms with E-state index in [1.165, 1.54) is 18.2 Å². The summed E-state index contributed by atoms with van der Waals surface area (Å²) in [5.41, 5.74) is 0.701. The summed E-state index contributed by atoms with van der Waals surface area (Å²) in [6.07, 6.45) is 0. The molecule has 108 valence electrons. The van der Waals surface area contributed by atoms with Crippen molar-refractivity contribution in [1.82, 2.24) is 5.32 Å². The van der Waals surface area contributed by atoms with E-state index in [4.69, 9.17) is 5.11 Å². The highest BCUT2D eigenvalue weighted by Crippen LogP contribution is 2.27. The fourth-order valence-electron chi connectivity index (χ4n) is 1.76. The van der Waals surface area contributed by atoms with Crippen LogP contribution in [-0.4, -0.2) is 22.2 Å². The van der Waals surface area contributed by atoms with Gasteiger partial charge in [-0.3, -0.25) is 0 Å². The van der Waals surface area contributed by atoms with Gasteiger partial charge in [-0.05, 0) is 17.7 Å². The molecule has 0 unspecified atom stereocenters. The normalized spacial score (nSPS) is 9.90. The number of carbonyl (C=O) groups is 2. The Balaban J connectivity index is 2.00. The van der Waals surface area contributed by atoms with Gasteiger partial charge in [-0.15, -0.1) is 0 Å². The predicted octanol–water partition coefficient (Wildman–Crippen LogP) is 2.41. The van der Waals surface area contributed by atoms with E-state index in [0.29, 0.717) is 6.54 Å². The minimum absolute atomic E-state index is 0.0421. The Morgan fingerprint density at radius 1 is 1.00 bits per heavy atom. The first-order valence-corrected chi connectivity index (χ1v) is 6.22. The number of urea groups is 1. The molecule has 0 heterocycles. The highest BCUT2D eigenvalue weighted by molar-refractivity contribution is 5.97. The number of carboxylic acids is 1. The summed E-state index contributed by atoms with van der Waals surface area (Å²) in [4.78, 5) is 22.6. The zero-order valence-corrected chi connectivity index (χ0v) is 11.0. The van der Waals surface area contributed by atoms with E-state index >= 15 is 0 Å². The van der Waals surface area contributed by atoms with Crippen LogP contribution in [0.3, 0.4) is 0 Å². The molecule has 6 nitrogen and oxygen atoms in total. The highest BCUT2D eigenvalue weighted by Gasteiger charge is 2.14. The van der Waals surface area contributed by atoms with Crippen LogP contribution in [0.25, 0.3) is 0 Å². The van der Waals surface area contributed by atoms with Gasteiger partial charge in [0.05, 0.1) is 5.69 Å². The molecule has 0 bridgehead atoms. The van der Waals surface area contributed by atoms with Crippen LogP contribution in [0.2, 0.25) is 0 Å². The molecule has 0 radical (unpaired) electrons. The van der Waals surface area contributed by atoms with Gasteiger partial charge in [0.1, 0.15) is 5.56 Å². The van der Waals surface area contributed by atoms with Gasteiger partial charge in [0, 0.05) is 6.54 Å². The van der Waals surface area contributed by atoms with Crippen LogP contribution in [0.4, 0.5) is 10.5 Å². The Labute approximate surface area is 121 Å². The average molecular weight is 286 g/mol. The van der Waals surface area contributed by atoms with Crippen LogP contribution >= 0.6 is 0 Å². The fourth-order valence-corrected chi connectivity index (χ4v) is 1.76. The Bertz CT molecular complexity index is 656. The summed E-state index contributed by atoms with van der Waals surface area (Å²) in [5, 5.41) is 23.7. The standard InChI is InChI=1S/C15H14N2O4/c18-13-11(14(19)20)7-4-8-12(13)17-15(21)16-9-10-5-2-1-3-6-10/h1-8,18H,9H2,(H,19,20)(H2,16,17,21). The van der Waals surface area contributed by atoms with Crippen molar-refractivity contribution in [3.8, 4) is 5.75 Å². The minimum Gasteiger partial charge on any atom is -0.505 e. The van der Waals surface area contributed by atoms with Gasteiger partial charge in [-0.1, -0.05) is 36.4 Å². The molecule has 0 saturated heterocycles. The average Bonchev–Trinajstić information content (AvgIpc) is 2.48. The summed E-state index contributed by atoms with van der Waals surface area (Å²) >= 11 is 0. The number of phenols is 1. The number of hydrogen-bond acceptors (Lipinski definition) is 3. The minimum atomic E-state index is -1.26.